The third-order valence-electron chi connectivity index (χ3n) is 2.80. The molecule has 0 saturated carbocycles. The van der Waals surface area contributed by atoms with Crippen molar-refractivity contribution in [3.63, 3.8) is 0 Å². The van der Waals surface area contributed by atoms with Crippen LogP contribution in [0.5, 0.6) is 0 Å². The number of primary amides is 1. The van der Waals surface area contributed by atoms with Crippen LogP contribution in [-0.2, 0) is 15.7 Å². The normalized spacial score (nSPS) is 13.3. The van der Waals surface area contributed by atoms with Crippen LogP contribution in [0.3, 0.4) is 0 Å². The lowest BCUT2D eigenvalue weighted by Crippen LogP contribution is -2.43. The largest absolute Gasteiger partial charge is 0.436 e. The number of halogens is 4. The fourth-order valence-corrected chi connectivity index (χ4v) is 1.99. The van der Waals surface area contributed by atoms with Gasteiger partial charge in [0.25, 0.3) is 5.91 Å². The number of hydrogen-bond acceptors (Lipinski definition) is 3. The van der Waals surface area contributed by atoms with Crippen molar-refractivity contribution in [2.75, 3.05) is 5.32 Å². The maximum atomic E-state index is 12.8. The van der Waals surface area contributed by atoms with Gasteiger partial charge in [-0.3, -0.25) is 4.79 Å². The van der Waals surface area contributed by atoms with Crippen LogP contribution < -0.4 is 11.1 Å². The molecule has 0 spiro atoms. The Morgan fingerprint density at radius 2 is 1.83 bits per heavy atom. The SMILES string of the molecule is CC(C)(C)[C@H](OC(N)=O)C(=O)Nc1ccc(Cl)c(C(F)(F)F)c1. The molecular weight excluding hydrogens is 337 g/mol. The zero-order chi connectivity index (χ0) is 18.0. The Labute approximate surface area is 135 Å². The zero-order valence-electron chi connectivity index (χ0n) is 12.6. The van der Waals surface area contributed by atoms with E-state index in [-0.39, 0.29) is 5.69 Å². The molecule has 1 aromatic carbocycles. The Kier molecular flexibility index (Phi) is 5.52. The molecular formula is C14H16ClF3N2O3. The number of benzene rings is 1. The molecule has 0 radical (unpaired) electrons. The highest BCUT2D eigenvalue weighted by atomic mass is 35.5. The summed E-state index contributed by atoms with van der Waals surface area (Å²) in [5.74, 6) is -0.799. The van der Waals surface area contributed by atoms with Gasteiger partial charge in [-0.1, -0.05) is 32.4 Å². The summed E-state index contributed by atoms with van der Waals surface area (Å²) in [7, 11) is 0. The van der Waals surface area contributed by atoms with Crippen LogP contribution in [0.2, 0.25) is 5.02 Å². The topological polar surface area (TPSA) is 81.4 Å². The summed E-state index contributed by atoms with van der Waals surface area (Å²) in [6.07, 6.45) is -7.09. The number of anilines is 1. The van der Waals surface area contributed by atoms with Crippen molar-refractivity contribution in [3.8, 4) is 0 Å². The fourth-order valence-electron chi connectivity index (χ4n) is 1.77. The zero-order valence-corrected chi connectivity index (χ0v) is 13.4. The summed E-state index contributed by atoms with van der Waals surface area (Å²) in [5, 5.41) is 1.77. The van der Waals surface area contributed by atoms with E-state index in [0.29, 0.717) is 6.07 Å². The number of amides is 2. The third kappa shape index (κ3) is 5.31. The van der Waals surface area contributed by atoms with E-state index in [9.17, 15) is 22.8 Å². The molecule has 3 N–H and O–H groups in total. The first-order chi connectivity index (χ1) is 10.3. The van der Waals surface area contributed by atoms with Gasteiger partial charge >= 0.3 is 12.3 Å². The lowest BCUT2D eigenvalue weighted by molar-refractivity contribution is -0.137. The van der Waals surface area contributed by atoms with Gasteiger partial charge < -0.3 is 15.8 Å². The minimum absolute atomic E-state index is 0.131. The van der Waals surface area contributed by atoms with E-state index in [1.807, 2.05) is 0 Å². The van der Waals surface area contributed by atoms with Gasteiger partial charge in [-0.15, -0.1) is 0 Å². The van der Waals surface area contributed by atoms with E-state index in [1.165, 1.54) is 6.07 Å². The Hall–Kier alpha value is -1.96. The predicted molar refractivity (Wildman–Crippen MR) is 79.0 cm³/mol. The van der Waals surface area contributed by atoms with Crippen LogP contribution in [-0.4, -0.2) is 18.1 Å². The fraction of sp³-hybridized carbons (Fsp3) is 0.429. The quantitative estimate of drug-likeness (QED) is 0.868. The number of carbonyl (C=O) groups excluding carboxylic acids is 2. The maximum Gasteiger partial charge on any atom is 0.417 e. The van der Waals surface area contributed by atoms with Crippen molar-refractivity contribution in [3.05, 3.63) is 28.8 Å². The van der Waals surface area contributed by atoms with Crippen LogP contribution in [0.25, 0.3) is 0 Å². The van der Waals surface area contributed by atoms with E-state index in [2.05, 4.69) is 5.32 Å². The molecule has 1 atom stereocenters. The summed E-state index contributed by atoms with van der Waals surface area (Å²) in [6.45, 7) is 4.84. The standard InChI is InChI=1S/C14H16ClF3N2O3/c1-13(2,3)10(23-12(19)22)11(21)20-7-4-5-9(15)8(6-7)14(16,17)18/h4-6,10H,1-3H3,(H2,19,22)(H,20,21)/t10-/m1/s1. The second-order valence-electron chi connectivity index (χ2n) is 5.86. The molecule has 0 aliphatic heterocycles. The van der Waals surface area contributed by atoms with E-state index in [4.69, 9.17) is 22.1 Å². The summed E-state index contributed by atoms with van der Waals surface area (Å²) < 4.78 is 43.2. The number of ether oxygens (including phenoxy) is 1. The summed E-state index contributed by atoms with van der Waals surface area (Å²) in [5.41, 5.74) is 2.89. The van der Waals surface area contributed by atoms with Crippen molar-refractivity contribution in [2.45, 2.75) is 33.1 Å². The average Bonchev–Trinajstić information content (AvgIpc) is 2.35. The van der Waals surface area contributed by atoms with Gasteiger partial charge in [-0.05, 0) is 18.2 Å². The molecule has 0 fully saturated rings. The highest BCUT2D eigenvalue weighted by Crippen LogP contribution is 2.36. The molecule has 0 bridgehead atoms. The molecule has 1 aromatic rings. The molecule has 128 valence electrons. The molecule has 0 aromatic heterocycles. The summed E-state index contributed by atoms with van der Waals surface area (Å²) >= 11 is 5.50. The summed E-state index contributed by atoms with van der Waals surface area (Å²) in [6, 6.07) is 2.92. The Morgan fingerprint density at radius 1 is 1.26 bits per heavy atom. The Bertz CT molecular complexity index is 612. The van der Waals surface area contributed by atoms with Gasteiger partial charge in [-0.25, -0.2) is 4.79 Å². The van der Waals surface area contributed by atoms with Gasteiger partial charge in [-0.2, -0.15) is 13.2 Å². The van der Waals surface area contributed by atoms with Crippen molar-refractivity contribution in [2.24, 2.45) is 11.1 Å². The molecule has 0 aliphatic carbocycles. The Morgan fingerprint density at radius 3 is 2.26 bits per heavy atom. The molecule has 9 heteroatoms. The second-order valence-corrected chi connectivity index (χ2v) is 6.27. The first kappa shape index (κ1) is 19.1. The van der Waals surface area contributed by atoms with E-state index >= 15 is 0 Å². The first-order valence-electron chi connectivity index (χ1n) is 6.46. The highest BCUT2D eigenvalue weighted by molar-refractivity contribution is 6.31. The van der Waals surface area contributed by atoms with Crippen LogP contribution in [0, 0.1) is 5.41 Å². The number of alkyl halides is 3. The van der Waals surface area contributed by atoms with Crippen LogP contribution in [0.15, 0.2) is 18.2 Å². The van der Waals surface area contributed by atoms with Crippen molar-refractivity contribution in [1.82, 2.24) is 0 Å². The molecule has 2 amide bonds. The molecule has 0 saturated heterocycles. The van der Waals surface area contributed by atoms with Crippen molar-refractivity contribution >= 4 is 29.3 Å². The first-order valence-corrected chi connectivity index (χ1v) is 6.84. The van der Waals surface area contributed by atoms with Gasteiger partial charge in [0.05, 0.1) is 10.6 Å². The highest BCUT2D eigenvalue weighted by Gasteiger charge is 2.36. The van der Waals surface area contributed by atoms with Crippen LogP contribution in [0.1, 0.15) is 26.3 Å². The number of nitrogens with two attached hydrogens (primary N) is 1. The van der Waals surface area contributed by atoms with Gasteiger partial charge in [0.15, 0.2) is 6.10 Å². The van der Waals surface area contributed by atoms with E-state index in [1.54, 1.807) is 20.8 Å². The van der Waals surface area contributed by atoms with Crippen molar-refractivity contribution < 1.29 is 27.5 Å². The molecule has 1 rings (SSSR count). The lowest BCUT2D eigenvalue weighted by Gasteiger charge is -2.28. The maximum absolute atomic E-state index is 12.8. The Balaban J connectivity index is 3.06. The number of rotatable bonds is 3. The van der Waals surface area contributed by atoms with Crippen LogP contribution >= 0.6 is 11.6 Å². The molecule has 0 heterocycles. The second kappa shape index (κ2) is 6.66. The summed E-state index contributed by atoms with van der Waals surface area (Å²) in [4.78, 5) is 23.1. The number of carbonyl (C=O) groups is 2. The smallest absolute Gasteiger partial charge is 0.417 e. The predicted octanol–water partition coefficient (Wildman–Crippen LogP) is 3.81. The molecule has 23 heavy (non-hydrogen) atoms. The van der Waals surface area contributed by atoms with Gasteiger partial charge in [0.1, 0.15) is 0 Å². The van der Waals surface area contributed by atoms with Gasteiger partial charge in [0, 0.05) is 11.1 Å². The lowest BCUT2D eigenvalue weighted by atomic mass is 9.88. The van der Waals surface area contributed by atoms with Crippen LogP contribution in [0.4, 0.5) is 23.7 Å². The van der Waals surface area contributed by atoms with Crippen molar-refractivity contribution in [1.29, 1.82) is 0 Å². The third-order valence-corrected chi connectivity index (χ3v) is 3.13. The minimum atomic E-state index is -4.66. The number of hydrogen-bond donors (Lipinski definition) is 2. The minimum Gasteiger partial charge on any atom is -0.436 e. The average molecular weight is 353 g/mol. The van der Waals surface area contributed by atoms with E-state index < -0.39 is 40.3 Å². The number of nitrogens with one attached hydrogen (secondary N) is 1. The molecule has 0 aliphatic rings. The van der Waals surface area contributed by atoms with Gasteiger partial charge in [0.2, 0.25) is 0 Å². The van der Waals surface area contributed by atoms with E-state index in [0.717, 1.165) is 6.07 Å². The molecule has 0 unspecified atom stereocenters. The molecule has 5 nitrogen and oxygen atoms in total. The monoisotopic (exact) mass is 352 g/mol.